The maximum atomic E-state index is 9.10. The van der Waals surface area contributed by atoms with Gasteiger partial charge in [0.25, 0.3) is 0 Å². The molecular weight excluding hydrogens is 414 g/mol. The lowest BCUT2D eigenvalue weighted by Crippen LogP contribution is -2.42. The van der Waals surface area contributed by atoms with E-state index in [2.05, 4.69) is 53.4 Å². The van der Waals surface area contributed by atoms with E-state index in [4.69, 9.17) is 34.0 Å². The SMILES string of the molecule is O=C(O)C(=O)O.c1ccc2c(c1)CCc1ccccc1C21OCC(CN2CCOCC2)O1. The van der Waals surface area contributed by atoms with Crippen molar-refractivity contribution in [3.8, 4) is 0 Å². The topological polar surface area (TPSA) is 106 Å². The van der Waals surface area contributed by atoms with Crippen LogP contribution in [0.15, 0.2) is 48.5 Å². The lowest BCUT2D eigenvalue weighted by atomic mass is 9.93. The molecule has 2 heterocycles. The highest BCUT2D eigenvalue weighted by molar-refractivity contribution is 6.27. The Morgan fingerprint density at radius 1 is 0.906 bits per heavy atom. The van der Waals surface area contributed by atoms with Crippen LogP contribution in [-0.2, 0) is 42.4 Å². The van der Waals surface area contributed by atoms with Gasteiger partial charge in [-0.15, -0.1) is 0 Å². The van der Waals surface area contributed by atoms with Gasteiger partial charge in [-0.2, -0.15) is 0 Å². The fourth-order valence-electron chi connectivity index (χ4n) is 4.49. The van der Waals surface area contributed by atoms with E-state index in [1.165, 1.54) is 22.3 Å². The molecule has 0 radical (unpaired) electrons. The predicted molar refractivity (Wildman–Crippen MR) is 114 cm³/mol. The number of ether oxygens (including phenoxy) is 3. The molecule has 2 aromatic carbocycles. The van der Waals surface area contributed by atoms with E-state index < -0.39 is 17.7 Å². The second-order valence-corrected chi connectivity index (χ2v) is 8.01. The van der Waals surface area contributed by atoms with Crippen molar-refractivity contribution in [3.63, 3.8) is 0 Å². The standard InChI is InChI=1S/C22H25NO3.C2H2O4/c1-3-7-20-17(5-1)9-10-18-6-2-4-8-21(18)22(20)25-16-19(26-22)15-23-11-13-24-14-12-23;3-1(4)2(5)6/h1-8,19H,9-16H2;(H,3,4)(H,5,6). The van der Waals surface area contributed by atoms with Crippen LogP contribution < -0.4 is 0 Å². The lowest BCUT2D eigenvalue weighted by Gasteiger charge is -2.32. The number of carbonyl (C=O) groups is 2. The number of morpholine rings is 1. The number of carboxylic acids is 2. The fraction of sp³-hybridized carbons (Fsp3) is 0.417. The second-order valence-electron chi connectivity index (χ2n) is 8.01. The summed E-state index contributed by atoms with van der Waals surface area (Å²) in [6.45, 7) is 5.09. The molecule has 2 aliphatic heterocycles. The monoisotopic (exact) mass is 441 g/mol. The summed E-state index contributed by atoms with van der Waals surface area (Å²) in [5, 5.41) is 14.8. The molecule has 3 aliphatic rings. The highest BCUT2D eigenvalue weighted by Gasteiger charge is 2.48. The second kappa shape index (κ2) is 9.79. The number of rotatable bonds is 2. The van der Waals surface area contributed by atoms with Crippen molar-refractivity contribution in [2.75, 3.05) is 39.5 Å². The molecule has 2 saturated heterocycles. The van der Waals surface area contributed by atoms with Crippen LogP contribution in [-0.4, -0.2) is 72.6 Å². The van der Waals surface area contributed by atoms with Crippen LogP contribution in [0.25, 0.3) is 0 Å². The maximum absolute atomic E-state index is 9.10. The Kier molecular flexibility index (Phi) is 6.86. The molecule has 0 saturated carbocycles. The molecule has 0 amide bonds. The normalized spacial score (nSPS) is 21.6. The van der Waals surface area contributed by atoms with E-state index >= 15 is 0 Å². The molecule has 2 fully saturated rings. The first-order chi connectivity index (χ1) is 15.5. The number of benzene rings is 2. The molecule has 2 N–H and O–H groups in total. The van der Waals surface area contributed by atoms with Gasteiger partial charge in [0.1, 0.15) is 0 Å². The number of fused-ring (bicyclic) bond motifs is 4. The molecule has 8 heteroatoms. The van der Waals surface area contributed by atoms with Crippen molar-refractivity contribution in [1.29, 1.82) is 0 Å². The van der Waals surface area contributed by atoms with Crippen molar-refractivity contribution in [2.45, 2.75) is 24.7 Å². The van der Waals surface area contributed by atoms with Gasteiger partial charge in [-0.1, -0.05) is 48.5 Å². The van der Waals surface area contributed by atoms with E-state index in [-0.39, 0.29) is 6.10 Å². The molecule has 8 nitrogen and oxygen atoms in total. The van der Waals surface area contributed by atoms with Gasteiger partial charge in [0.2, 0.25) is 5.79 Å². The van der Waals surface area contributed by atoms with Crippen LogP contribution in [0.4, 0.5) is 0 Å². The smallest absolute Gasteiger partial charge is 0.414 e. The van der Waals surface area contributed by atoms with Crippen LogP contribution in [0.3, 0.4) is 0 Å². The Hall–Kier alpha value is -2.78. The summed E-state index contributed by atoms with van der Waals surface area (Å²) in [5.41, 5.74) is 5.01. The van der Waals surface area contributed by atoms with Gasteiger partial charge in [0.05, 0.1) is 25.9 Å². The number of aliphatic carboxylic acids is 2. The highest BCUT2D eigenvalue weighted by Crippen LogP contribution is 2.45. The third-order valence-electron chi connectivity index (χ3n) is 5.96. The van der Waals surface area contributed by atoms with E-state index in [0.717, 1.165) is 45.7 Å². The van der Waals surface area contributed by atoms with Crippen molar-refractivity contribution in [3.05, 3.63) is 70.8 Å². The largest absolute Gasteiger partial charge is 0.473 e. The average Bonchev–Trinajstić information content (AvgIpc) is 3.17. The fourth-order valence-corrected chi connectivity index (χ4v) is 4.49. The summed E-state index contributed by atoms with van der Waals surface area (Å²) in [4.78, 5) is 20.6. The van der Waals surface area contributed by atoms with E-state index in [1.54, 1.807) is 0 Å². The Balaban J connectivity index is 0.000000363. The molecule has 1 unspecified atom stereocenters. The molecule has 0 bridgehead atoms. The molecule has 0 aromatic heterocycles. The first kappa shape index (κ1) is 22.4. The van der Waals surface area contributed by atoms with E-state index in [1.807, 2.05) is 0 Å². The summed E-state index contributed by atoms with van der Waals surface area (Å²) in [7, 11) is 0. The molecule has 1 aliphatic carbocycles. The molecule has 1 spiro atoms. The zero-order valence-corrected chi connectivity index (χ0v) is 17.7. The van der Waals surface area contributed by atoms with Crippen LogP contribution >= 0.6 is 0 Å². The minimum absolute atomic E-state index is 0.0762. The van der Waals surface area contributed by atoms with Crippen LogP contribution in [0, 0.1) is 0 Å². The minimum Gasteiger partial charge on any atom is -0.473 e. The van der Waals surface area contributed by atoms with Crippen molar-refractivity contribution < 1.29 is 34.0 Å². The zero-order valence-electron chi connectivity index (χ0n) is 17.7. The minimum atomic E-state index is -1.82. The summed E-state index contributed by atoms with van der Waals surface area (Å²) in [5.74, 6) is -4.41. The van der Waals surface area contributed by atoms with Gasteiger partial charge < -0.3 is 24.4 Å². The Bertz CT molecular complexity index is 911. The van der Waals surface area contributed by atoms with Crippen molar-refractivity contribution in [1.82, 2.24) is 4.90 Å². The van der Waals surface area contributed by atoms with Gasteiger partial charge in [0.15, 0.2) is 0 Å². The maximum Gasteiger partial charge on any atom is 0.414 e. The Labute approximate surface area is 186 Å². The van der Waals surface area contributed by atoms with Crippen LogP contribution in [0.2, 0.25) is 0 Å². The Morgan fingerprint density at radius 3 is 1.97 bits per heavy atom. The first-order valence-electron chi connectivity index (χ1n) is 10.7. The van der Waals surface area contributed by atoms with Crippen molar-refractivity contribution in [2.24, 2.45) is 0 Å². The van der Waals surface area contributed by atoms with E-state index in [0.29, 0.717) is 6.61 Å². The Morgan fingerprint density at radius 2 is 1.44 bits per heavy atom. The van der Waals surface area contributed by atoms with Gasteiger partial charge in [0, 0.05) is 30.8 Å². The molecule has 32 heavy (non-hydrogen) atoms. The summed E-state index contributed by atoms with van der Waals surface area (Å²) < 4.78 is 18.7. The van der Waals surface area contributed by atoms with Crippen LogP contribution in [0.5, 0.6) is 0 Å². The predicted octanol–water partition coefficient (Wildman–Crippen LogP) is 1.89. The molecule has 1 atom stereocenters. The summed E-state index contributed by atoms with van der Waals surface area (Å²) in [6, 6.07) is 17.2. The quantitative estimate of drug-likeness (QED) is 0.681. The molecule has 2 aromatic rings. The third-order valence-corrected chi connectivity index (χ3v) is 5.96. The number of hydrogen-bond acceptors (Lipinski definition) is 6. The number of aryl methyl sites for hydroxylation is 2. The third kappa shape index (κ3) is 4.68. The highest BCUT2D eigenvalue weighted by atomic mass is 16.7. The lowest BCUT2D eigenvalue weighted by molar-refractivity contribution is -0.159. The summed E-state index contributed by atoms with van der Waals surface area (Å²) in [6.07, 6.45) is 2.12. The average molecular weight is 441 g/mol. The number of carboxylic acid groups (broad SMARTS) is 2. The molecule has 170 valence electrons. The zero-order chi connectivity index (χ0) is 22.6. The van der Waals surface area contributed by atoms with Crippen LogP contribution in [0.1, 0.15) is 22.3 Å². The molecular formula is C24H27NO7. The van der Waals surface area contributed by atoms with E-state index in [9.17, 15) is 0 Å². The van der Waals surface area contributed by atoms with Gasteiger partial charge in [-0.25, -0.2) is 9.59 Å². The number of nitrogens with zero attached hydrogens (tertiary/aromatic N) is 1. The number of hydrogen-bond donors (Lipinski definition) is 2. The molecule has 5 rings (SSSR count). The van der Waals surface area contributed by atoms with Gasteiger partial charge >= 0.3 is 11.9 Å². The van der Waals surface area contributed by atoms with Crippen molar-refractivity contribution >= 4 is 11.9 Å². The first-order valence-corrected chi connectivity index (χ1v) is 10.7. The van der Waals surface area contributed by atoms with Gasteiger partial charge in [-0.3, -0.25) is 4.90 Å². The van der Waals surface area contributed by atoms with Gasteiger partial charge in [-0.05, 0) is 24.0 Å². The summed E-state index contributed by atoms with van der Waals surface area (Å²) >= 11 is 0.